The van der Waals surface area contributed by atoms with E-state index in [1.54, 1.807) is 0 Å². The predicted molar refractivity (Wildman–Crippen MR) is 93.5 cm³/mol. The molecule has 6 heteroatoms. The summed E-state index contributed by atoms with van der Waals surface area (Å²) in [6.45, 7) is 1.72. The molecule has 2 aromatic heterocycles. The van der Waals surface area contributed by atoms with Crippen LogP contribution < -0.4 is 5.73 Å². The molecule has 2 N–H and O–H groups in total. The Morgan fingerprint density at radius 1 is 1.12 bits per heavy atom. The number of carbonyl (C=O) groups is 1. The lowest BCUT2D eigenvalue weighted by atomic mass is 10.0. The van der Waals surface area contributed by atoms with E-state index in [4.69, 9.17) is 5.73 Å². The fourth-order valence-electron chi connectivity index (χ4n) is 3.35. The van der Waals surface area contributed by atoms with Crippen LogP contribution in [-0.2, 0) is 7.05 Å². The van der Waals surface area contributed by atoms with Crippen LogP contribution in [0.4, 0.5) is 5.82 Å². The molecule has 122 valence electrons. The third-order valence-corrected chi connectivity index (χ3v) is 4.62. The van der Waals surface area contributed by atoms with Crippen LogP contribution in [0.5, 0.6) is 0 Å². The van der Waals surface area contributed by atoms with E-state index in [0.717, 1.165) is 53.7 Å². The fraction of sp³-hybridized carbons (Fsp3) is 0.278. The largest absolute Gasteiger partial charge is 0.383 e. The highest BCUT2D eigenvalue weighted by molar-refractivity contribution is 6.01. The first-order valence-electron chi connectivity index (χ1n) is 8.10. The van der Waals surface area contributed by atoms with E-state index in [1.807, 2.05) is 47.0 Å². The standard InChI is InChI=1S/C18H19N5O/c1-22-10-14(15-16(19)20-11-21-17(15)22)12-4-6-13(7-5-12)18(24)23-8-2-3-9-23/h4-7,10-11H,2-3,8-9H2,1H3,(H2,19,20,21). The number of benzene rings is 1. The van der Waals surface area contributed by atoms with Gasteiger partial charge in [-0.05, 0) is 30.5 Å². The molecule has 24 heavy (non-hydrogen) atoms. The number of carbonyl (C=O) groups excluding carboxylic acids is 1. The first-order valence-corrected chi connectivity index (χ1v) is 8.10. The summed E-state index contributed by atoms with van der Waals surface area (Å²) in [4.78, 5) is 22.8. The minimum atomic E-state index is 0.111. The second-order valence-corrected chi connectivity index (χ2v) is 6.19. The Labute approximate surface area is 139 Å². The van der Waals surface area contributed by atoms with Crippen LogP contribution in [0, 0.1) is 0 Å². The Kier molecular flexibility index (Phi) is 3.45. The summed E-state index contributed by atoms with van der Waals surface area (Å²) in [6.07, 6.45) is 5.66. The molecule has 0 saturated carbocycles. The molecule has 1 saturated heterocycles. The summed E-state index contributed by atoms with van der Waals surface area (Å²) >= 11 is 0. The molecule has 6 nitrogen and oxygen atoms in total. The van der Waals surface area contributed by atoms with Gasteiger partial charge in [-0.1, -0.05) is 12.1 Å². The van der Waals surface area contributed by atoms with Crippen molar-refractivity contribution in [1.82, 2.24) is 19.4 Å². The molecule has 1 aromatic carbocycles. The zero-order valence-electron chi connectivity index (χ0n) is 13.6. The molecule has 1 fully saturated rings. The molecular weight excluding hydrogens is 302 g/mol. The smallest absolute Gasteiger partial charge is 0.253 e. The highest BCUT2D eigenvalue weighted by Crippen LogP contribution is 2.32. The number of anilines is 1. The maximum Gasteiger partial charge on any atom is 0.253 e. The van der Waals surface area contributed by atoms with E-state index in [1.165, 1.54) is 6.33 Å². The van der Waals surface area contributed by atoms with Gasteiger partial charge in [0.1, 0.15) is 17.8 Å². The second-order valence-electron chi connectivity index (χ2n) is 6.19. The minimum Gasteiger partial charge on any atom is -0.383 e. The van der Waals surface area contributed by atoms with Gasteiger partial charge in [-0.2, -0.15) is 0 Å². The summed E-state index contributed by atoms with van der Waals surface area (Å²) in [6, 6.07) is 7.69. The molecule has 1 amide bonds. The minimum absolute atomic E-state index is 0.111. The van der Waals surface area contributed by atoms with Gasteiger partial charge in [0, 0.05) is 37.5 Å². The molecule has 3 heterocycles. The molecule has 3 aromatic rings. The second kappa shape index (κ2) is 5.63. The maximum absolute atomic E-state index is 12.4. The highest BCUT2D eigenvalue weighted by atomic mass is 16.2. The van der Waals surface area contributed by atoms with E-state index in [2.05, 4.69) is 9.97 Å². The molecule has 0 aliphatic carbocycles. The number of fused-ring (bicyclic) bond motifs is 1. The van der Waals surface area contributed by atoms with Crippen molar-refractivity contribution in [1.29, 1.82) is 0 Å². The molecular formula is C18H19N5O. The van der Waals surface area contributed by atoms with Crippen LogP contribution in [0.15, 0.2) is 36.8 Å². The number of nitrogen functional groups attached to an aromatic ring is 1. The normalized spacial score (nSPS) is 14.5. The number of nitrogens with two attached hydrogens (primary N) is 1. The van der Waals surface area contributed by atoms with Crippen molar-refractivity contribution in [2.24, 2.45) is 7.05 Å². The molecule has 0 atom stereocenters. The number of nitrogens with zero attached hydrogens (tertiary/aromatic N) is 4. The first-order chi connectivity index (χ1) is 11.6. The van der Waals surface area contributed by atoms with Gasteiger partial charge in [0.25, 0.3) is 5.91 Å². The topological polar surface area (TPSA) is 77.0 Å². The van der Waals surface area contributed by atoms with Crippen LogP contribution in [0.3, 0.4) is 0 Å². The molecule has 0 bridgehead atoms. The van der Waals surface area contributed by atoms with Crippen molar-refractivity contribution in [3.63, 3.8) is 0 Å². The van der Waals surface area contributed by atoms with Gasteiger partial charge in [0.15, 0.2) is 0 Å². The van der Waals surface area contributed by atoms with Crippen LogP contribution in [0.25, 0.3) is 22.2 Å². The number of rotatable bonds is 2. The van der Waals surface area contributed by atoms with E-state index < -0.39 is 0 Å². The number of likely N-dealkylation sites (tertiary alicyclic amines) is 1. The molecule has 0 unspecified atom stereocenters. The van der Waals surface area contributed by atoms with Crippen molar-refractivity contribution in [2.75, 3.05) is 18.8 Å². The van der Waals surface area contributed by atoms with Crippen LogP contribution in [0.1, 0.15) is 23.2 Å². The average Bonchev–Trinajstić information content (AvgIpc) is 3.24. The SMILES string of the molecule is Cn1cc(-c2ccc(C(=O)N3CCCC3)cc2)c2c(N)ncnc21. The lowest BCUT2D eigenvalue weighted by Crippen LogP contribution is -2.27. The number of aromatic nitrogens is 3. The van der Waals surface area contributed by atoms with Gasteiger partial charge in [-0.3, -0.25) is 4.79 Å². The number of amides is 1. The lowest BCUT2D eigenvalue weighted by Gasteiger charge is -2.15. The summed E-state index contributed by atoms with van der Waals surface area (Å²) in [5, 5.41) is 0.846. The quantitative estimate of drug-likeness (QED) is 0.786. The molecule has 4 rings (SSSR count). The Morgan fingerprint density at radius 3 is 2.54 bits per heavy atom. The monoisotopic (exact) mass is 321 g/mol. The van der Waals surface area contributed by atoms with Crippen LogP contribution in [0.2, 0.25) is 0 Å². The Balaban J connectivity index is 1.72. The van der Waals surface area contributed by atoms with Crippen molar-refractivity contribution in [3.8, 4) is 11.1 Å². The van der Waals surface area contributed by atoms with E-state index in [-0.39, 0.29) is 5.91 Å². The van der Waals surface area contributed by atoms with E-state index in [9.17, 15) is 4.79 Å². The molecule has 0 radical (unpaired) electrons. The van der Waals surface area contributed by atoms with E-state index in [0.29, 0.717) is 5.82 Å². The van der Waals surface area contributed by atoms with E-state index >= 15 is 0 Å². The van der Waals surface area contributed by atoms with Crippen LogP contribution in [-0.4, -0.2) is 38.4 Å². The van der Waals surface area contributed by atoms with Gasteiger partial charge in [-0.15, -0.1) is 0 Å². The van der Waals surface area contributed by atoms with Crippen molar-refractivity contribution >= 4 is 22.8 Å². The Hall–Kier alpha value is -2.89. The Bertz CT molecular complexity index is 907. The third-order valence-electron chi connectivity index (χ3n) is 4.62. The van der Waals surface area contributed by atoms with Gasteiger partial charge < -0.3 is 15.2 Å². The summed E-state index contributed by atoms with van der Waals surface area (Å²) in [5.74, 6) is 0.577. The Morgan fingerprint density at radius 2 is 1.83 bits per heavy atom. The molecule has 1 aliphatic heterocycles. The van der Waals surface area contributed by atoms with Crippen LogP contribution >= 0.6 is 0 Å². The summed E-state index contributed by atoms with van der Waals surface area (Å²) in [7, 11) is 1.93. The number of hydrogen-bond donors (Lipinski definition) is 1. The lowest BCUT2D eigenvalue weighted by molar-refractivity contribution is 0.0793. The predicted octanol–water partition coefficient (Wildman–Crippen LogP) is 2.45. The summed E-state index contributed by atoms with van der Waals surface area (Å²) in [5.41, 5.74) is 9.55. The van der Waals surface area contributed by atoms with Gasteiger partial charge in [-0.25, -0.2) is 9.97 Å². The van der Waals surface area contributed by atoms with Gasteiger partial charge in [0.05, 0.1) is 5.39 Å². The van der Waals surface area contributed by atoms with Gasteiger partial charge in [0.2, 0.25) is 0 Å². The van der Waals surface area contributed by atoms with Crippen molar-refractivity contribution < 1.29 is 4.79 Å². The zero-order chi connectivity index (χ0) is 16.7. The number of aryl methyl sites for hydroxylation is 1. The van der Waals surface area contributed by atoms with Crippen molar-refractivity contribution in [2.45, 2.75) is 12.8 Å². The molecule has 0 spiro atoms. The first kappa shape index (κ1) is 14.7. The fourth-order valence-corrected chi connectivity index (χ4v) is 3.35. The average molecular weight is 321 g/mol. The highest BCUT2D eigenvalue weighted by Gasteiger charge is 2.20. The number of hydrogen-bond acceptors (Lipinski definition) is 4. The summed E-state index contributed by atoms with van der Waals surface area (Å²) < 4.78 is 1.94. The molecule has 1 aliphatic rings. The third kappa shape index (κ3) is 2.31. The van der Waals surface area contributed by atoms with Crippen molar-refractivity contribution in [3.05, 3.63) is 42.4 Å². The maximum atomic E-state index is 12.4. The zero-order valence-corrected chi connectivity index (χ0v) is 13.6. The van der Waals surface area contributed by atoms with Gasteiger partial charge >= 0.3 is 0 Å².